The number of fused-ring (bicyclic) bond motifs is 1. The van der Waals surface area contributed by atoms with Crippen molar-refractivity contribution >= 4 is 16.8 Å². The van der Waals surface area contributed by atoms with Crippen LogP contribution in [0.25, 0.3) is 10.9 Å². The summed E-state index contributed by atoms with van der Waals surface area (Å²) in [6.07, 6.45) is 4.64. The van der Waals surface area contributed by atoms with Gasteiger partial charge in [-0.05, 0) is 43.4 Å². The Kier molecular flexibility index (Phi) is 4.15. The highest BCUT2D eigenvalue weighted by Crippen LogP contribution is 2.23. The van der Waals surface area contributed by atoms with Crippen molar-refractivity contribution in [2.24, 2.45) is 5.92 Å². The van der Waals surface area contributed by atoms with Gasteiger partial charge < -0.3 is 10.0 Å². The van der Waals surface area contributed by atoms with Crippen LogP contribution in [-0.4, -0.2) is 40.6 Å². The topological polar surface area (TPSA) is 53.4 Å². The van der Waals surface area contributed by atoms with Gasteiger partial charge in [-0.1, -0.05) is 12.1 Å². The van der Waals surface area contributed by atoms with Crippen LogP contribution < -0.4 is 0 Å². The molecule has 3 rings (SSSR count). The predicted octanol–water partition coefficient (Wildman–Crippen LogP) is 2.47. The van der Waals surface area contributed by atoms with Gasteiger partial charge >= 0.3 is 0 Å². The minimum absolute atomic E-state index is 0.0799. The quantitative estimate of drug-likeness (QED) is 0.942. The van der Waals surface area contributed by atoms with Gasteiger partial charge in [0.1, 0.15) is 0 Å². The molecule has 1 atom stereocenters. The monoisotopic (exact) mass is 284 g/mol. The van der Waals surface area contributed by atoms with Crippen molar-refractivity contribution < 1.29 is 9.90 Å². The first-order valence-corrected chi connectivity index (χ1v) is 7.53. The Hall–Kier alpha value is -1.94. The van der Waals surface area contributed by atoms with Crippen molar-refractivity contribution in [3.63, 3.8) is 0 Å². The summed E-state index contributed by atoms with van der Waals surface area (Å²) in [4.78, 5) is 19.0. The van der Waals surface area contributed by atoms with Crippen LogP contribution in [0.5, 0.6) is 0 Å². The van der Waals surface area contributed by atoms with E-state index in [9.17, 15) is 4.79 Å². The summed E-state index contributed by atoms with van der Waals surface area (Å²) in [6, 6.07) is 9.51. The summed E-state index contributed by atoms with van der Waals surface area (Å²) in [5.41, 5.74) is 1.58. The number of aliphatic hydroxyl groups is 1. The van der Waals surface area contributed by atoms with Gasteiger partial charge in [0.2, 0.25) is 0 Å². The maximum absolute atomic E-state index is 12.8. The summed E-state index contributed by atoms with van der Waals surface area (Å²) in [5.74, 6) is 0.497. The molecule has 1 saturated heterocycles. The zero-order valence-electron chi connectivity index (χ0n) is 12.0. The van der Waals surface area contributed by atoms with E-state index in [0.29, 0.717) is 5.92 Å². The molecule has 1 amide bonds. The van der Waals surface area contributed by atoms with Crippen LogP contribution in [0.1, 0.15) is 29.6 Å². The summed E-state index contributed by atoms with van der Waals surface area (Å²) in [5, 5.41) is 10.0. The number of likely N-dealkylation sites (tertiary alicyclic amines) is 1. The molecule has 2 heterocycles. The molecular formula is C17H20N2O2. The predicted molar refractivity (Wildman–Crippen MR) is 82.1 cm³/mol. The Bertz CT molecular complexity index is 634. The molecule has 4 heteroatoms. The van der Waals surface area contributed by atoms with E-state index in [0.717, 1.165) is 48.8 Å². The molecule has 0 radical (unpaired) electrons. The molecule has 1 unspecified atom stereocenters. The number of benzene rings is 1. The normalized spacial score (nSPS) is 18.9. The van der Waals surface area contributed by atoms with E-state index < -0.39 is 0 Å². The van der Waals surface area contributed by atoms with E-state index in [1.807, 2.05) is 35.2 Å². The zero-order valence-corrected chi connectivity index (χ0v) is 12.0. The van der Waals surface area contributed by atoms with E-state index in [4.69, 9.17) is 5.11 Å². The fourth-order valence-electron chi connectivity index (χ4n) is 3.13. The van der Waals surface area contributed by atoms with Gasteiger partial charge in [0.15, 0.2) is 0 Å². The lowest BCUT2D eigenvalue weighted by Crippen LogP contribution is -2.40. The first-order valence-electron chi connectivity index (χ1n) is 7.53. The number of hydrogen-bond acceptors (Lipinski definition) is 3. The summed E-state index contributed by atoms with van der Waals surface area (Å²) in [6.45, 7) is 1.75. The Morgan fingerprint density at radius 1 is 1.33 bits per heavy atom. The highest BCUT2D eigenvalue weighted by molar-refractivity contribution is 6.06. The second-order valence-corrected chi connectivity index (χ2v) is 5.65. The molecular weight excluding hydrogens is 264 g/mol. The number of pyridine rings is 1. The lowest BCUT2D eigenvalue weighted by atomic mass is 9.94. The van der Waals surface area contributed by atoms with Crippen LogP contribution in [0.4, 0.5) is 0 Å². The molecule has 1 aromatic carbocycles. The molecule has 21 heavy (non-hydrogen) atoms. The summed E-state index contributed by atoms with van der Waals surface area (Å²) in [7, 11) is 0. The summed E-state index contributed by atoms with van der Waals surface area (Å²) < 4.78 is 0. The minimum Gasteiger partial charge on any atom is -0.396 e. The van der Waals surface area contributed by atoms with Crippen molar-refractivity contribution in [2.45, 2.75) is 19.3 Å². The van der Waals surface area contributed by atoms with Gasteiger partial charge in [-0.3, -0.25) is 9.78 Å². The largest absolute Gasteiger partial charge is 0.396 e. The first-order chi connectivity index (χ1) is 10.3. The number of aromatic nitrogens is 1. The molecule has 1 N–H and O–H groups in total. The average molecular weight is 284 g/mol. The maximum Gasteiger partial charge on any atom is 0.254 e. The minimum atomic E-state index is 0.0799. The molecule has 1 aromatic heterocycles. The van der Waals surface area contributed by atoms with E-state index in [-0.39, 0.29) is 12.5 Å². The molecule has 0 aliphatic carbocycles. The second kappa shape index (κ2) is 6.22. The lowest BCUT2D eigenvalue weighted by molar-refractivity contribution is 0.0655. The molecule has 1 aliphatic rings. The Morgan fingerprint density at radius 2 is 2.24 bits per heavy atom. The zero-order chi connectivity index (χ0) is 14.7. The third kappa shape index (κ3) is 2.90. The van der Waals surface area contributed by atoms with E-state index in [2.05, 4.69) is 4.98 Å². The van der Waals surface area contributed by atoms with Gasteiger partial charge in [-0.15, -0.1) is 0 Å². The fraction of sp³-hybridized carbons (Fsp3) is 0.412. The highest BCUT2D eigenvalue weighted by Gasteiger charge is 2.25. The third-order valence-electron chi connectivity index (χ3n) is 4.22. The van der Waals surface area contributed by atoms with Crippen molar-refractivity contribution in [1.29, 1.82) is 0 Å². The number of amides is 1. The van der Waals surface area contributed by atoms with Gasteiger partial charge in [0.05, 0.1) is 5.52 Å². The van der Waals surface area contributed by atoms with Crippen LogP contribution >= 0.6 is 0 Å². The van der Waals surface area contributed by atoms with Crippen LogP contribution in [0.3, 0.4) is 0 Å². The van der Waals surface area contributed by atoms with Gasteiger partial charge in [-0.25, -0.2) is 0 Å². The van der Waals surface area contributed by atoms with Crippen LogP contribution in [-0.2, 0) is 0 Å². The van der Waals surface area contributed by atoms with Crippen molar-refractivity contribution in [2.75, 3.05) is 19.7 Å². The smallest absolute Gasteiger partial charge is 0.254 e. The van der Waals surface area contributed by atoms with Crippen molar-refractivity contribution in [3.05, 3.63) is 42.1 Å². The number of carbonyl (C=O) groups is 1. The molecule has 1 fully saturated rings. The highest BCUT2D eigenvalue weighted by atomic mass is 16.3. The number of hydrogen-bond donors (Lipinski definition) is 1. The van der Waals surface area contributed by atoms with Crippen molar-refractivity contribution in [3.8, 4) is 0 Å². The average Bonchev–Trinajstić information content (AvgIpc) is 2.54. The van der Waals surface area contributed by atoms with Gasteiger partial charge in [0.25, 0.3) is 5.91 Å². The van der Waals surface area contributed by atoms with Crippen LogP contribution in [0, 0.1) is 5.92 Å². The Morgan fingerprint density at radius 3 is 3.10 bits per heavy atom. The summed E-state index contributed by atoms with van der Waals surface area (Å²) >= 11 is 0. The number of piperidine rings is 1. The molecule has 4 nitrogen and oxygen atoms in total. The van der Waals surface area contributed by atoms with Gasteiger partial charge in [-0.2, -0.15) is 0 Å². The van der Waals surface area contributed by atoms with Crippen LogP contribution in [0.15, 0.2) is 36.5 Å². The third-order valence-corrected chi connectivity index (χ3v) is 4.22. The standard InChI is InChI=1S/C17H20N2O2/c20-11-8-13-4-3-10-19(12-13)17(21)15-5-1-7-16-14(15)6-2-9-18-16/h1-2,5-7,9,13,20H,3-4,8,10-12H2. The number of rotatable bonds is 3. The van der Waals surface area contributed by atoms with E-state index >= 15 is 0 Å². The first kappa shape index (κ1) is 14.0. The SMILES string of the molecule is O=C(c1cccc2ncccc12)N1CCCC(CCO)C1. The molecule has 0 bridgehead atoms. The van der Waals surface area contributed by atoms with Crippen LogP contribution in [0.2, 0.25) is 0 Å². The van der Waals surface area contributed by atoms with E-state index in [1.54, 1.807) is 6.20 Å². The molecule has 2 aromatic rings. The number of aliphatic hydroxyl groups excluding tert-OH is 1. The number of nitrogens with zero attached hydrogens (tertiary/aromatic N) is 2. The Labute approximate surface area is 124 Å². The fourth-order valence-corrected chi connectivity index (χ4v) is 3.13. The molecule has 1 aliphatic heterocycles. The molecule has 0 spiro atoms. The number of carbonyl (C=O) groups excluding carboxylic acids is 1. The van der Waals surface area contributed by atoms with E-state index in [1.165, 1.54) is 0 Å². The van der Waals surface area contributed by atoms with Gasteiger partial charge in [0, 0.05) is 36.8 Å². The van der Waals surface area contributed by atoms with Crippen molar-refractivity contribution in [1.82, 2.24) is 9.88 Å². The Balaban J connectivity index is 1.86. The molecule has 110 valence electrons. The molecule has 0 saturated carbocycles. The maximum atomic E-state index is 12.8. The lowest BCUT2D eigenvalue weighted by Gasteiger charge is -2.32. The second-order valence-electron chi connectivity index (χ2n) is 5.65.